The van der Waals surface area contributed by atoms with Gasteiger partial charge in [-0.2, -0.15) is 0 Å². The van der Waals surface area contributed by atoms with Crippen LogP contribution in [0.5, 0.6) is 0 Å². The van der Waals surface area contributed by atoms with Gasteiger partial charge in [-0.05, 0) is 31.6 Å². The summed E-state index contributed by atoms with van der Waals surface area (Å²) in [7, 11) is 0. The first kappa shape index (κ1) is 12.9. The van der Waals surface area contributed by atoms with Crippen LogP contribution in [0.2, 0.25) is 0 Å². The second-order valence-corrected chi connectivity index (χ2v) is 5.32. The molecule has 0 atom stereocenters. The van der Waals surface area contributed by atoms with E-state index in [-0.39, 0.29) is 0 Å². The topological polar surface area (TPSA) is 30.7 Å². The Hall–Kier alpha value is -0.570. The van der Waals surface area contributed by atoms with E-state index in [4.69, 9.17) is 11.6 Å². The van der Waals surface area contributed by atoms with E-state index in [1.54, 1.807) is 0 Å². The van der Waals surface area contributed by atoms with E-state index in [0.717, 1.165) is 24.6 Å². The molecule has 17 heavy (non-hydrogen) atoms. The second-order valence-electron chi connectivity index (χ2n) is 5.05. The van der Waals surface area contributed by atoms with E-state index < -0.39 is 0 Å². The molecular formula is C13H22ClN3. The fourth-order valence-corrected chi connectivity index (χ4v) is 2.37. The van der Waals surface area contributed by atoms with E-state index >= 15 is 0 Å². The van der Waals surface area contributed by atoms with Crippen molar-refractivity contribution in [1.29, 1.82) is 0 Å². The molecule has 0 bridgehead atoms. The third-order valence-electron chi connectivity index (χ3n) is 3.45. The summed E-state index contributed by atoms with van der Waals surface area (Å²) in [4.78, 5) is 0. The molecule has 0 spiro atoms. The molecule has 96 valence electrons. The zero-order valence-corrected chi connectivity index (χ0v) is 11.4. The largest absolute Gasteiger partial charge is 0.249 e. The number of alkyl halides is 1. The van der Waals surface area contributed by atoms with Crippen LogP contribution >= 0.6 is 11.6 Å². The number of aromatic nitrogens is 3. The van der Waals surface area contributed by atoms with Gasteiger partial charge in [-0.3, -0.25) is 0 Å². The van der Waals surface area contributed by atoms with Crippen molar-refractivity contribution in [1.82, 2.24) is 15.0 Å². The molecule has 1 heterocycles. The lowest BCUT2D eigenvalue weighted by Crippen LogP contribution is -2.07. The lowest BCUT2D eigenvalue weighted by Gasteiger charge is -2.06. The predicted octanol–water partition coefficient (Wildman–Crippen LogP) is 3.55. The van der Waals surface area contributed by atoms with Crippen LogP contribution in [0.25, 0.3) is 0 Å². The van der Waals surface area contributed by atoms with Gasteiger partial charge in [0, 0.05) is 6.54 Å². The van der Waals surface area contributed by atoms with Crippen LogP contribution in [0.4, 0.5) is 0 Å². The van der Waals surface area contributed by atoms with Crippen molar-refractivity contribution in [2.24, 2.45) is 5.92 Å². The minimum Gasteiger partial charge on any atom is -0.249 e. The Bertz CT molecular complexity index is 344. The molecule has 1 aliphatic carbocycles. The summed E-state index contributed by atoms with van der Waals surface area (Å²) >= 11 is 5.92. The summed E-state index contributed by atoms with van der Waals surface area (Å²) in [5.74, 6) is 1.36. The van der Waals surface area contributed by atoms with E-state index in [1.807, 2.05) is 0 Å². The molecule has 1 aliphatic rings. The fraction of sp³-hybridized carbons (Fsp3) is 0.846. The number of nitrogens with zero attached hydrogens (tertiary/aromatic N) is 3. The van der Waals surface area contributed by atoms with Crippen LogP contribution in [0.1, 0.15) is 56.8 Å². The van der Waals surface area contributed by atoms with Gasteiger partial charge < -0.3 is 0 Å². The van der Waals surface area contributed by atoms with Crippen LogP contribution in [0.15, 0.2) is 0 Å². The Morgan fingerprint density at radius 2 is 2.12 bits per heavy atom. The molecule has 2 rings (SSSR count). The molecule has 4 heteroatoms. The Labute approximate surface area is 109 Å². The van der Waals surface area contributed by atoms with Crippen molar-refractivity contribution in [2.75, 3.05) is 0 Å². The molecule has 0 amide bonds. The normalized spacial score (nSPS) is 15.4. The molecule has 0 aromatic carbocycles. The van der Waals surface area contributed by atoms with E-state index in [2.05, 4.69) is 21.9 Å². The highest BCUT2D eigenvalue weighted by Crippen LogP contribution is 2.33. The number of rotatable bonds is 8. The quantitative estimate of drug-likeness (QED) is 0.525. The van der Waals surface area contributed by atoms with Gasteiger partial charge in [0.25, 0.3) is 0 Å². The molecule has 0 aliphatic heterocycles. The van der Waals surface area contributed by atoms with Gasteiger partial charge in [0.05, 0.1) is 11.6 Å². The first-order valence-electron chi connectivity index (χ1n) is 6.82. The predicted molar refractivity (Wildman–Crippen MR) is 70.1 cm³/mol. The van der Waals surface area contributed by atoms with Gasteiger partial charge in [-0.1, -0.05) is 31.4 Å². The summed E-state index contributed by atoms with van der Waals surface area (Å²) in [5, 5.41) is 8.44. The zero-order valence-electron chi connectivity index (χ0n) is 10.7. The average molecular weight is 256 g/mol. The Morgan fingerprint density at radius 3 is 2.76 bits per heavy atom. The van der Waals surface area contributed by atoms with Gasteiger partial charge in [0.15, 0.2) is 0 Å². The molecule has 1 saturated carbocycles. The maximum atomic E-state index is 5.92. The van der Waals surface area contributed by atoms with Gasteiger partial charge in [-0.15, -0.1) is 16.7 Å². The van der Waals surface area contributed by atoms with Crippen molar-refractivity contribution in [2.45, 2.75) is 64.3 Å². The molecule has 3 nitrogen and oxygen atoms in total. The van der Waals surface area contributed by atoms with Crippen LogP contribution in [0, 0.1) is 5.92 Å². The van der Waals surface area contributed by atoms with E-state index in [9.17, 15) is 0 Å². The smallest absolute Gasteiger partial charge is 0.101 e. The number of unbranched alkanes of at least 4 members (excludes halogenated alkanes) is 3. The van der Waals surface area contributed by atoms with Crippen LogP contribution in [0.3, 0.4) is 0 Å². The highest BCUT2D eigenvalue weighted by molar-refractivity contribution is 6.16. The van der Waals surface area contributed by atoms with Gasteiger partial charge in [-0.25, -0.2) is 4.68 Å². The summed E-state index contributed by atoms with van der Waals surface area (Å²) in [6.45, 7) is 3.24. The third-order valence-corrected chi connectivity index (χ3v) is 3.70. The molecule has 0 saturated heterocycles. The average Bonchev–Trinajstić information content (AvgIpc) is 3.07. The first-order valence-corrected chi connectivity index (χ1v) is 7.35. The summed E-state index contributed by atoms with van der Waals surface area (Å²) in [6.07, 6.45) is 8.94. The number of halogens is 1. The minimum atomic E-state index is 0.497. The van der Waals surface area contributed by atoms with Crippen molar-refractivity contribution < 1.29 is 0 Å². The van der Waals surface area contributed by atoms with Crippen molar-refractivity contribution in [3.63, 3.8) is 0 Å². The van der Waals surface area contributed by atoms with Crippen molar-refractivity contribution in [3.8, 4) is 0 Å². The van der Waals surface area contributed by atoms with E-state index in [1.165, 1.54) is 44.2 Å². The standard InChI is InChI=1S/C13H22ClN3/c1-2-3-4-5-8-17-13(9-11-6-7-11)12(10-14)15-16-17/h11H,2-10H2,1H3. The van der Waals surface area contributed by atoms with Crippen molar-refractivity contribution >= 4 is 11.6 Å². The summed E-state index contributed by atoms with van der Waals surface area (Å²) in [5.41, 5.74) is 2.29. The summed E-state index contributed by atoms with van der Waals surface area (Å²) < 4.78 is 2.09. The lowest BCUT2D eigenvalue weighted by molar-refractivity contribution is 0.507. The van der Waals surface area contributed by atoms with Crippen LogP contribution in [-0.2, 0) is 18.8 Å². The molecular weight excluding hydrogens is 234 g/mol. The van der Waals surface area contributed by atoms with Gasteiger partial charge in [0.2, 0.25) is 0 Å². The third kappa shape index (κ3) is 3.70. The highest BCUT2D eigenvalue weighted by Gasteiger charge is 2.25. The maximum Gasteiger partial charge on any atom is 0.101 e. The molecule has 1 aromatic rings. The number of hydrogen-bond donors (Lipinski definition) is 0. The fourth-order valence-electron chi connectivity index (χ4n) is 2.16. The maximum absolute atomic E-state index is 5.92. The number of hydrogen-bond acceptors (Lipinski definition) is 2. The number of aryl methyl sites for hydroxylation is 1. The van der Waals surface area contributed by atoms with Gasteiger partial charge >= 0.3 is 0 Å². The Balaban J connectivity index is 1.91. The van der Waals surface area contributed by atoms with Crippen LogP contribution < -0.4 is 0 Å². The first-order chi connectivity index (χ1) is 8.35. The Morgan fingerprint density at radius 1 is 1.29 bits per heavy atom. The lowest BCUT2D eigenvalue weighted by atomic mass is 10.1. The molecule has 1 aromatic heterocycles. The SMILES string of the molecule is CCCCCCn1nnc(CCl)c1CC1CC1. The van der Waals surface area contributed by atoms with Gasteiger partial charge in [0.1, 0.15) is 5.69 Å². The molecule has 0 unspecified atom stereocenters. The highest BCUT2D eigenvalue weighted by atomic mass is 35.5. The van der Waals surface area contributed by atoms with Crippen molar-refractivity contribution in [3.05, 3.63) is 11.4 Å². The van der Waals surface area contributed by atoms with Crippen LogP contribution in [-0.4, -0.2) is 15.0 Å². The molecule has 0 radical (unpaired) electrons. The summed E-state index contributed by atoms with van der Waals surface area (Å²) in [6, 6.07) is 0. The molecule has 0 N–H and O–H groups in total. The second kappa shape index (κ2) is 6.39. The minimum absolute atomic E-state index is 0.497. The zero-order chi connectivity index (χ0) is 12.1. The van der Waals surface area contributed by atoms with E-state index in [0.29, 0.717) is 5.88 Å². The molecule has 1 fully saturated rings. The monoisotopic (exact) mass is 255 g/mol. The Kier molecular flexibility index (Phi) is 4.84.